The Kier molecular flexibility index (Phi) is 8.19. The molecule has 0 saturated carbocycles. The van der Waals surface area contributed by atoms with Gasteiger partial charge < -0.3 is 16.0 Å². The number of guanidine groups is 1. The van der Waals surface area contributed by atoms with Gasteiger partial charge in [-0.25, -0.2) is 0 Å². The van der Waals surface area contributed by atoms with E-state index in [1.54, 1.807) is 55.1 Å². The van der Waals surface area contributed by atoms with Crippen LogP contribution in [0.3, 0.4) is 0 Å². The molecule has 7 nitrogen and oxygen atoms in total. The summed E-state index contributed by atoms with van der Waals surface area (Å²) in [6, 6.07) is 10.4. The van der Waals surface area contributed by atoms with E-state index in [-0.39, 0.29) is 11.3 Å². The summed E-state index contributed by atoms with van der Waals surface area (Å²) < 4.78 is 0. The first kappa shape index (κ1) is 21.9. The lowest BCUT2D eigenvalue weighted by molar-refractivity contribution is 0.0950. The number of carbonyl (C=O) groups is 1. The van der Waals surface area contributed by atoms with E-state index in [1.165, 1.54) is 0 Å². The maximum atomic E-state index is 12.1. The van der Waals surface area contributed by atoms with Crippen LogP contribution in [0, 0.1) is 16.9 Å². The highest BCUT2D eigenvalue weighted by molar-refractivity contribution is 6.30. The van der Waals surface area contributed by atoms with Gasteiger partial charge in [0.2, 0.25) is 12.2 Å². The van der Waals surface area contributed by atoms with Crippen LogP contribution in [0.4, 0.5) is 5.69 Å². The molecule has 0 atom stereocenters. The molecular formula is C21H23ClN6O. The summed E-state index contributed by atoms with van der Waals surface area (Å²) in [5, 5.41) is 18.3. The van der Waals surface area contributed by atoms with Crippen LogP contribution in [-0.2, 0) is 0 Å². The lowest BCUT2D eigenvalue weighted by atomic mass is 9.89. The van der Waals surface area contributed by atoms with Crippen molar-refractivity contribution in [3.8, 4) is 6.19 Å². The summed E-state index contributed by atoms with van der Waals surface area (Å²) in [4.78, 5) is 19.9. The molecule has 8 heteroatoms. The van der Waals surface area contributed by atoms with Crippen molar-refractivity contribution in [1.82, 2.24) is 15.6 Å². The summed E-state index contributed by atoms with van der Waals surface area (Å²) in [5.74, 6) is 0.160. The maximum Gasteiger partial charge on any atom is 0.251 e. The molecule has 1 aromatic heterocycles. The number of nitrogens with one attached hydrogen (secondary N) is 3. The number of nitrogens with zero attached hydrogens (tertiary/aromatic N) is 3. The lowest BCUT2D eigenvalue weighted by Gasteiger charge is -2.20. The minimum Gasteiger partial charge on any atom is -0.352 e. The summed E-state index contributed by atoms with van der Waals surface area (Å²) in [6.45, 7) is 4.62. The third kappa shape index (κ3) is 8.03. The first-order valence-corrected chi connectivity index (χ1v) is 9.39. The van der Waals surface area contributed by atoms with E-state index in [0.717, 1.165) is 6.42 Å². The molecule has 1 amide bonds. The highest BCUT2D eigenvalue weighted by Gasteiger charge is 2.14. The summed E-state index contributed by atoms with van der Waals surface area (Å²) >= 11 is 5.84. The third-order valence-electron chi connectivity index (χ3n) is 4.00. The van der Waals surface area contributed by atoms with E-state index in [2.05, 4.69) is 39.8 Å². The number of halogens is 1. The Bertz CT molecular complexity index is 901. The zero-order valence-electron chi connectivity index (χ0n) is 16.3. The van der Waals surface area contributed by atoms with Crippen molar-refractivity contribution in [3.05, 3.63) is 71.7 Å². The highest BCUT2D eigenvalue weighted by Crippen LogP contribution is 2.21. The second-order valence-electron chi connectivity index (χ2n) is 6.91. The van der Waals surface area contributed by atoms with E-state index in [0.29, 0.717) is 28.8 Å². The number of amides is 1. The first-order valence-electron chi connectivity index (χ1n) is 9.01. The fraction of sp³-hybridized carbons (Fsp3) is 0.238. The number of nitriles is 1. The summed E-state index contributed by atoms with van der Waals surface area (Å²) in [6.07, 6.45) is 9.45. The first-order chi connectivity index (χ1) is 13.9. The van der Waals surface area contributed by atoms with Crippen LogP contribution in [0.15, 0.2) is 66.1 Å². The normalized spacial score (nSPS) is 11.7. The standard InChI is InChI=1S/C21H23ClN6O/c1-21(2,9-12-25-19(29)16-5-7-17(22)8-6-16)10-13-26-20(27-15-23)28-18-4-3-11-24-14-18/h3-8,10-11,13-14H,9,12H2,1-2H3,(H,25,29)(H2,26,27,28). The number of hydrogen-bond acceptors (Lipinski definition) is 4. The zero-order chi connectivity index (χ0) is 21.1. The molecule has 1 aromatic carbocycles. The minimum absolute atomic E-state index is 0.135. The quantitative estimate of drug-likeness (QED) is 0.364. The molecule has 0 radical (unpaired) electrons. The van der Waals surface area contributed by atoms with Gasteiger partial charge in [-0.05, 0) is 48.2 Å². The highest BCUT2D eigenvalue weighted by atomic mass is 35.5. The number of aromatic nitrogens is 1. The number of aliphatic imine (C=N–C) groups is 1. The van der Waals surface area contributed by atoms with E-state index < -0.39 is 0 Å². The van der Waals surface area contributed by atoms with E-state index in [4.69, 9.17) is 16.9 Å². The van der Waals surface area contributed by atoms with Crippen LogP contribution in [0.1, 0.15) is 30.6 Å². The topological polar surface area (TPSA) is 102 Å². The monoisotopic (exact) mass is 410 g/mol. The largest absolute Gasteiger partial charge is 0.352 e. The van der Waals surface area contributed by atoms with Gasteiger partial charge in [0.15, 0.2) is 0 Å². The Hall–Kier alpha value is -3.37. The van der Waals surface area contributed by atoms with Crippen LogP contribution in [-0.4, -0.2) is 23.4 Å². The molecule has 1 heterocycles. The Morgan fingerprint density at radius 3 is 2.72 bits per heavy atom. The molecule has 0 bridgehead atoms. The van der Waals surface area contributed by atoms with Gasteiger partial charge in [-0.1, -0.05) is 31.5 Å². The van der Waals surface area contributed by atoms with Crippen molar-refractivity contribution in [2.75, 3.05) is 11.9 Å². The van der Waals surface area contributed by atoms with E-state index in [1.807, 2.05) is 12.1 Å². The number of anilines is 1. The van der Waals surface area contributed by atoms with Gasteiger partial charge in [-0.2, -0.15) is 5.26 Å². The van der Waals surface area contributed by atoms with E-state index >= 15 is 0 Å². The van der Waals surface area contributed by atoms with Gasteiger partial charge >= 0.3 is 0 Å². The van der Waals surface area contributed by atoms with Crippen molar-refractivity contribution in [2.24, 2.45) is 10.4 Å². The molecule has 0 aliphatic carbocycles. The van der Waals surface area contributed by atoms with Gasteiger partial charge in [-0.3, -0.25) is 9.78 Å². The molecule has 29 heavy (non-hydrogen) atoms. The molecule has 0 aliphatic rings. The van der Waals surface area contributed by atoms with Crippen molar-refractivity contribution in [3.63, 3.8) is 0 Å². The van der Waals surface area contributed by atoms with Gasteiger partial charge in [0.05, 0.1) is 11.9 Å². The zero-order valence-corrected chi connectivity index (χ0v) is 17.1. The van der Waals surface area contributed by atoms with Crippen molar-refractivity contribution in [1.29, 1.82) is 5.26 Å². The summed E-state index contributed by atoms with van der Waals surface area (Å²) in [7, 11) is 0. The number of benzene rings is 1. The van der Waals surface area contributed by atoms with E-state index in [9.17, 15) is 4.79 Å². The Balaban J connectivity index is 1.83. The Morgan fingerprint density at radius 1 is 1.31 bits per heavy atom. The molecule has 150 valence electrons. The molecule has 0 fully saturated rings. The minimum atomic E-state index is -0.188. The van der Waals surface area contributed by atoms with Crippen molar-refractivity contribution >= 4 is 29.2 Å². The number of pyridine rings is 1. The van der Waals surface area contributed by atoms with Crippen LogP contribution in [0.25, 0.3) is 0 Å². The SMILES string of the molecule is CC(C)(C=CNC(=NC#N)Nc1cccnc1)CCNC(=O)c1ccc(Cl)cc1. The molecule has 0 unspecified atom stereocenters. The van der Waals surface area contributed by atoms with Crippen LogP contribution < -0.4 is 16.0 Å². The lowest BCUT2D eigenvalue weighted by Crippen LogP contribution is -2.29. The average Bonchev–Trinajstić information content (AvgIpc) is 2.69. The Labute approximate surface area is 175 Å². The second kappa shape index (κ2) is 10.8. The van der Waals surface area contributed by atoms with Gasteiger partial charge in [0, 0.05) is 29.5 Å². The Morgan fingerprint density at radius 2 is 2.07 bits per heavy atom. The number of hydrogen-bond donors (Lipinski definition) is 3. The fourth-order valence-electron chi connectivity index (χ4n) is 2.35. The molecule has 0 spiro atoms. The van der Waals surface area contributed by atoms with Crippen LogP contribution in [0.2, 0.25) is 5.02 Å². The smallest absolute Gasteiger partial charge is 0.251 e. The maximum absolute atomic E-state index is 12.1. The number of rotatable bonds is 7. The predicted molar refractivity (Wildman–Crippen MR) is 115 cm³/mol. The molecule has 2 rings (SSSR count). The van der Waals surface area contributed by atoms with Crippen molar-refractivity contribution in [2.45, 2.75) is 20.3 Å². The van der Waals surface area contributed by atoms with Gasteiger partial charge in [0.1, 0.15) is 0 Å². The summed E-state index contributed by atoms with van der Waals surface area (Å²) in [5.41, 5.74) is 1.10. The van der Waals surface area contributed by atoms with Gasteiger partial charge in [-0.15, -0.1) is 4.99 Å². The number of allylic oxidation sites excluding steroid dienone is 1. The molecule has 0 saturated heterocycles. The van der Waals surface area contributed by atoms with Crippen LogP contribution in [0.5, 0.6) is 0 Å². The van der Waals surface area contributed by atoms with Crippen molar-refractivity contribution < 1.29 is 4.79 Å². The average molecular weight is 411 g/mol. The predicted octanol–water partition coefficient (Wildman–Crippen LogP) is 3.93. The molecule has 0 aliphatic heterocycles. The molecule has 3 N–H and O–H groups in total. The number of carbonyl (C=O) groups excluding carboxylic acids is 1. The third-order valence-corrected chi connectivity index (χ3v) is 4.25. The molecule has 2 aromatic rings. The fourth-order valence-corrected chi connectivity index (χ4v) is 2.48. The second-order valence-corrected chi connectivity index (χ2v) is 7.34. The van der Waals surface area contributed by atoms with Crippen LogP contribution >= 0.6 is 11.6 Å². The molecular weight excluding hydrogens is 388 g/mol. The van der Waals surface area contributed by atoms with Gasteiger partial charge in [0.25, 0.3) is 5.91 Å².